The number of pyridine rings is 1. The molecule has 4 rings (SSSR count). The Labute approximate surface area is 223 Å². The summed E-state index contributed by atoms with van der Waals surface area (Å²) in [5.74, 6) is 0.374. The summed E-state index contributed by atoms with van der Waals surface area (Å²) in [5, 5.41) is 0. The van der Waals surface area contributed by atoms with Crippen LogP contribution in [0.3, 0.4) is 0 Å². The number of ether oxygens (including phenoxy) is 4. The lowest BCUT2D eigenvalue weighted by molar-refractivity contribution is -0.160. The first kappa shape index (κ1) is 27.8. The molecule has 2 aromatic heterocycles. The van der Waals surface area contributed by atoms with Crippen LogP contribution in [0.1, 0.15) is 32.0 Å². The van der Waals surface area contributed by atoms with Crippen molar-refractivity contribution in [1.82, 2.24) is 14.9 Å². The van der Waals surface area contributed by atoms with Gasteiger partial charge in [0.05, 0.1) is 25.5 Å². The minimum Gasteiger partial charge on any atom is -0.487 e. The van der Waals surface area contributed by atoms with E-state index in [-0.39, 0.29) is 12.6 Å². The van der Waals surface area contributed by atoms with Crippen LogP contribution in [0, 0.1) is 6.92 Å². The van der Waals surface area contributed by atoms with E-state index >= 15 is 0 Å². The first-order valence-electron chi connectivity index (χ1n) is 13.0. The number of piperazine rings is 1. The van der Waals surface area contributed by atoms with Crippen LogP contribution in [0.15, 0.2) is 40.9 Å². The number of aromatic nitrogens is 2. The zero-order valence-corrected chi connectivity index (χ0v) is 22.8. The van der Waals surface area contributed by atoms with Gasteiger partial charge in [0.25, 0.3) is 6.01 Å². The van der Waals surface area contributed by atoms with Gasteiger partial charge in [-0.15, -0.1) is 0 Å². The van der Waals surface area contributed by atoms with Gasteiger partial charge in [0.2, 0.25) is 0 Å². The topological polar surface area (TPSA) is 99.4 Å². The number of nitrogens with zero attached hydrogens (tertiary/aromatic N) is 4. The zero-order valence-electron chi connectivity index (χ0n) is 22.8. The highest BCUT2D eigenvalue weighted by atomic mass is 16.6. The first-order chi connectivity index (χ1) is 18.2. The lowest BCUT2D eigenvalue weighted by atomic mass is 10.2. The van der Waals surface area contributed by atoms with Crippen molar-refractivity contribution in [3.63, 3.8) is 0 Å². The van der Waals surface area contributed by atoms with Gasteiger partial charge in [-0.25, -0.2) is 4.79 Å². The predicted molar refractivity (Wildman–Crippen MR) is 143 cm³/mol. The van der Waals surface area contributed by atoms with Gasteiger partial charge in [0.1, 0.15) is 30.1 Å². The second-order valence-corrected chi connectivity index (χ2v) is 10.3. The van der Waals surface area contributed by atoms with E-state index in [9.17, 15) is 4.79 Å². The van der Waals surface area contributed by atoms with E-state index in [0.717, 1.165) is 60.8 Å². The van der Waals surface area contributed by atoms with Crippen LogP contribution in [-0.2, 0) is 25.6 Å². The molecule has 206 valence electrons. The Morgan fingerprint density at radius 1 is 1.03 bits per heavy atom. The molecule has 0 atom stereocenters. The number of carbonyl (C=O) groups is 1. The maximum absolute atomic E-state index is 11.6. The Morgan fingerprint density at radius 3 is 2.55 bits per heavy atom. The van der Waals surface area contributed by atoms with E-state index < -0.39 is 5.60 Å². The highest BCUT2D eigenvalue weighted by Gasteiger charge is 2.21. The maximum atomic E-state index is 11.6. The predicted octanol–water partition coefficient (Wildman–Crippen LogP) is 3.61. The van der Waals surface area contributed by atoms with Crippen LogP contribution in [0.5, 0.6) is 5.75 Å². The number of esters is 1. The van der Waals surface area contributed by atoms with Crippen molar-refractivity contribution >= 4 is 23.1 Å². The molecular weight excluding hydrogens is 488 g/mol. The number of hydrogen-bond acceptors (Lipinski definition) is 10. The Morgan fingerprint density at radius 2 is 1.82 bits per heavy atom. The number of rotatable bonds is 12. The molecule has 0 radical (unpaired) electrons. The summed E-state index contributed by atoms with van der Waals surface area (Å²) in [7, 11) is 0. The summed E-state index contributed by atoms with van der Waals surface area (Å²) >= 11 is 0. The van der Waals surface area contributed by atoms with E-state index in [0.29, 0.717) is 32.4 Å². The molecule has 0 unspecified atom stereocenters. The molecule has 1 saturated heterocycles. The van der Waals surface area contributed by atoms with Crippen molar-refractivity contribution in [1.29, 1.82) is 0 Å². The Bertz CT molecular complexity index is 1170. The lowest BCUT2D eigenvalue weighted by Gasteiger charge is -2.33. The average molecular weight is 527 g/mol. The molecule has 10 heteroatoms. The molecule has 0 N–H and O–H groups in total. The summed E-state index contributed by atoms with van der Waals surface area (Å²) in [4.78, 5) is 25.2. The minimum atomic E-state index is -0.500. The SMILES string of the molecule is Cc1ccc(COc2ccc3oc(N4CCN(CCOCCOCC(=O)OC(C)(C)C)CC4)nc3c2)nc1. The lowest BCUT2D eigenvalue weighted by Crippen LogP contribution is -2.47. The van der Waals surface area contributed by atoms with E-state index in [4.69, 9.17) is 28.3 Å². The van der Waals surface area contributed by atoms with Gasteiger partial charge in [-0.2, -0.15) is 4.98 Å². The van der Waals surface area contributed by atoms with Crippen molar-refractivity contribution < 1.29 is 28.2 Å². The van der Waals surface area contributed by atoms with E-state index in [1.165, 1.54) is 0 Å². The van der Waals surface area contributed by atoms with Gasteiger partial charge in [-0.1, -0.05) is 6.07 Å². The molecule has 3 aromatic rings. The minimum absolute atomic E-state index is 0.0579. The Kier molecular flexibility index (Phi) is 9.54. The molecule has 1 fully saturated rings. The molecule has 0 aliphatic carbocycles. The third-order valence-electron chi connectivity index (χ3n) is 5.91. The quantitative estimate of drug-likeness (QED) is 0.257. The molecular formula is C28H38N4O6. The van der Waals surface area contributed by atoms with Crippen LogP contribution in [0.25, 0.3) is 11.1 Å². The van der Waals surface area contributed by atoms with E-state index in [1.807, 2.05) is 64.2 Å². The van der Waals surface area contributed by atoms with Gasteiger partial charge in [0, 0.05) is 45.0 Å². The first-order valence-corrected chi connectivity index (χ1v) is 13.0. The van der Waals surface area contributed by atoms with Gasteiger partial charge in [-0.05, 0) is 51.5 Å². The standard InChI is InChI=1S/C28H38N4O6/c1-21-5-6-22(29-18-21)19-36-23-7-8-25-24(17-23)30-27(37-25)32-11-9-31(10-12-32)13-14-34-15-16-35-20-26(33)38-28(2,3)4/h5-8,17-18H,9-16,19-20H2,1-4H3. The van der Waals surface area contributed by atoms with E-state index in [1.54, 1.807) is 0 Å². The molecule has 1 aliphatic heterocycles. The molecule has 1 aliphatic rings. The third kappa shape index (κ3) is 8.68. The van der Waals surface area contributed by atoms with Crippen LogP contribution < -0.4 is 9.64 Å². The summed E-state index contributed by atoms with van der Waals surface area (Å²) in [6, 6.07) is 10.3. The molecule has 3 heterocycles. The van der Waals surface area contributed by atoms with Crippen LogP contribution >= 0.6 is 0 Å². The van der Waals surface area contributed by atoms with Gasteiger partial charge < -0.3 is 28.3 Å². The zero-order chi connectivity index (χ0) is 27.0. The summed E-state index contributed by atoms with van der Waals surface area (Å²) in [5.41, 5.74) is 3.02. The van der Waals surface area contributed by atoms with Crippen LogP contribution in [0.2, 0.25) is 0 Å². The highest BCUT2D eigenvalue weighted by Crippen LogP contribution is 2.26. The molecule has 0 amide bonds. The summed E-state index contributed by atoms with van der Waals surface area (Å²) < 4.78 is 28.1. The smallest absolute Gasteiger partial charge is 0.332 e. The molecule has 10 nitrogen and oxygen atoms in total. The molecule has 0 saturated carbocycles. The molecule has 0 bridgehead atoms. The number of aryl methyl sites for hydroxylation is 1. The normalized spacial score (nSPS) is 14.7. The average Bonchev–Trinajstić information content (AvgIpc) is 3.30. The van der Waals surface area contributed by atoms with Crippen LogP contribution in [0.4, 0.5) is 6.01 Å². The monoisotopic (exact) mass is 526 g/mol. The van der Waals surface area contributed by atoms with Crippen molar-refractivity contribution in [2.24, 2.45) is 0 Å². The second kappa shape index (κ2) is 13.0. The fourth-order valence-electron chi connectivity index (χ4n) is 3.96. The molecule has 38 heavy (non-hydrogen) atoms. The number of carbonyl (C=O) groups excluding carboxylic acids is 1. The number of hydrogen-bond donors (Lipinski definition) is 0. The molecule has 1 aromatic carbocycles. The van der Waals surface area contributed by atoms with Crippen molar-refractivity contribution in [2.75, 3.05) is 64.1 Å². The Balaban J connectivity index is 1.13. The number of benzene rings is 1. The number of fused-ring (bicyclic) bond motifs is 1. The fourth-order valence-corrected chi connectivity index (χ4v) is 3.96. The fraction of sp³-hybridized carbons (Fsp3) is 0.536. The molecule has 0 spiro atoms. The van der Waals surface area contributed by atoms with Gasteiger partial charge in [-0.3, -0.25) is 9.88 Å². The maximum Gasteiger partial charge on any atom is 0.332 e. The largest absolute Gasteiger partial charge is 0.487 e. The second-order valence-electron chi connectivity index (χ2n) is 10.3. The Hall–Kier alpha value is -3.21. The van der Waals surface area contributed by atoms with Gasteiger partial charge >= 0.3 is 5.97 Å². The van der Waals surface area contributed by atoms with Crippen molar-refractivity contribution in [2.45, 2.75) is 39.9 Å². The number of anilines is 1. The number of oxazole rings is 1. The third-order valence-corrected chi connectivity index (χ3v) is 5.91. The highest BCUT2D eigenvalue weighted by molar-refractivity contribution is 5.76. The van der Waals surface area contributed by atoms with Crippen molar-refractivity contribution in [3.8, 4) is 5.75 Å². The summed E-state index contributed by atoms with van der Waals surface area (Å²) in [6.07, 6.45) is 1.84. The summed E-state index contributed by atoms with van der Waals surface area (Å²) in [6.45, 7) is 13.6. The van der Waals surface area contributed by atoms with E-state index in [2.05, 4.69) is 14.8 Å². The van der Waals surface area contributed by atoms with Crippen molar-refractivity contribution in [3.05, 3.63) is 47.8 Å². The van der Waals surface area contributed by atoms with Crippen LogP contribution in [-0.4, -0.2) is 85.6 Å². The van der Waals surface area contributed by atoms with Gasteiger partial charge in [0.15, 0.2) is 5.58 Å².